The minimum atomic E-state index is 0.561. The van der Waals surface area contributed by atoms with Gasteiger partial charge in [-0.25, -0.2) is 4.98 Å². The van der Waals surface area contributed by atoms with Crippen molar-refractivity contribution >= 4 is 5.95 Å². The van der Waals surface area contributed by atoms with E-state index in [1.807, 2.05) is 42.2 Å². The maximum atomic E-state index is 5.65. The zero-order chi connectivity index (χ0) is 10.7. The highest BCUT2D eigenvalue weighted by Crippen LogP contribution is 2.06. The van der Waals surface area contributed by atoms with Crippen LogP contribution in [0.4, 0.5) is 5.95 Å². The average Bonchev–Trinajstić information content (AvgIpc) is 2.57. The van der Waals surface area contributed by atoms with Gasteiger partial charge in [-0.2, -0.15) is 0 Å². The predicted octanol–water partition coefficient (Wildman–Crippen LogP) is 1.18. The van der Waals surface area contributed by atoms with Crippen LogP contribution in [-0.2, 0) is 19.9 Å². The Bertz CT molecular complexity index is 414. The lowest BCUT2D eigenvalue weighted by Crippen LogP contribution is -1.95. The van der Waals surface area contributed by atoms with Crippen molar-refractivity contribution in [3.63, 3.8) is 0 Å². The number of imidazole rings is 1. The summed E-state index contributed by atoms with van der Waals surface area (Å²) in [6.45, 7) is 0. The third kappa shape index (κ3) is 2.34. The Balaban J connectivity index is 1.99. The van der Waals surface area contributed by atoms with Gasteiger partial charge in [0.25, 0.3) is 0 Å². The first-order valence-corrected chi connectivity index (χ1v) is 4.93. The Labute approximate surface area is 88.8 Å². The van der Waals surface area contributed by atoms with Gasteiger partial charge in [0.2, 0.25) is 0 Å². The van der Waals surface area contributed by atoms with Gasteiger partial charge in [-0.15, -0.1) is 0 Å². The number of nitrogens with zero attached hydrogens (tertiary/aromatic N) is 3. The lowest BCUT2D eigenvalue weighted by atomic mass is 10.2. The van der Waals surface area contributed by atoms with Crippen LogP contribution in [-0.4, -0.2) is 14.5 Å². The van der Waals surface area contributed by atoms with E-state index in [-0.39, 0.29) is 0 Å². The number of anilines is 1. The third-order valence-electron chi connectivity index (χ3n) is 2.33. The first-order chi connectivity index (χ1) is 7.25. The number of rotatable bonds is 3. The van der Waals surface area contributed by atoms with Gasteiger partial charge >= 0.3 is 0 Å². The molecule has 2 heterocycles. The van der Waals surface area contributed by atoms with Gasteiger partial charge in [0.15, 0.2) is 5.95 Å². The minimum Gasteiger partial charge on any atom is -0.369 e. The standard InChI is InChI=1S/C11H14N4/c1-15-8-10(14-11(15)12)6-5-9-4-2-3-7-13-9/h2-4,7-8H,5-6H2,1H3,(H2,12,14). The summed E-state index contributed by atoms with van der Waals surface area (Å²) >= 11 is 0. The van der Waals surface area contributed by atoms with Crippen LogP contribution >= 0.6 is 0 Å². The zero-order valence-corrected chi connectivity index (χ0v) is 8.72. The van der Waals surface area contributed by atoms with Crippen LogP contribution in [0.1, 0.15) is 11.4 Å². The molecule has 2 rings (SSSR count). The van der Waals surface area contributed by atoms with Crippen LogP contribution in [0.2, 0.25) is 0 Å². The summed E-state index contributed by atoms with van der Waals surface area (Å²) in [5.41, 5.74) is 7.75. The molecule has 0 bridgehead atoms. The number of nitrogens with two attached hydrogens (primary N) is 1. The fourth-order valence-corrected chi connectivity index (χ4v) is 1.47. The van der Waals surface area contributed by atoms with Gasteiger partial charge in [-0.05, 0) is 25.0 Å². The molecule has 0 unspecified atom stereocenters. The van der Waals surface area contributed by atoms with Crippen molar-refractivity contribution in [1.82, 2.24) is 14.5 Å². The second-order valence-corrected chi connectivity index (χ2v) is 3.52. The molecule has 0 aromatic carbocycles. The van der Waals surface area contributed by atoms with Crippen molar-refractivity contribution in [2.45, 2.75) is 12.8 Å². The smallest absolute Gasteiger partial charge is 0.200 e. The molecule has 0 aliphatic heterocycles. The fourth-order valence-electron chi connectivity index (χ4n) is 1.47. The number of aromatic nitrogens is 3. The van der Waals surface area contributed by atoms with Gasteiger partial charge in [0.05, 0.1) is 5.69 Å². The molecule has 4 heteroatoms. The fraction of sp³-hybridized carbons (Fsp3) is 0.273. The van der Waals surface area contributed by atoms with E-state index in [1.54, 1.807) is 0 Å². The maximum Gasteiger partial charge on any atom is 0.200 e. The van der Waals surface area contributed by atoms with Gasteiger partial charge in [-0.1, -0.05) is 6.07 Å². The van der Waals surface area contributed by atoms with E-state index in [4.69, 9.17) is 5.73 Å². The quantitative estimate of drug-likeness (QED) is 0.813. The highest BCUT2D eigenvalue weighted by Gasteiger charge is 2.02. The summed E-state index contributed by atoms with van der Waals surface area (Å²) in [5.74, 6) is 0.561. The van der Waals surface area contributed by atoms with Gasteiger partial charge in [0, 0.05) is 25.1 Å². The summed E-state index contributed by atoms with van der Waals surface area (Å²) in [4.78, 5) is 8.50. The molecule has 78 valence electrons. The lowest BCUT2D eigenvalue weighted by Gasteiger charge is -1.96. The van der Waals surface area contributed by atoms with E-state index in [0.717, 1.165) is 24.2 Å². The molecular weight excluding hydrogens is 188 g/mol. The van der Waals surface area contributed by atoms with E-state index in [2.05, 4.69) is 9.97 Å². The zero-order valence-electron chi connectivity index (χ0n) is 8.72. The molecule has 15 heavy (non-hydrogen) atoms. The van der Waals surface area contributed by atoms with Gasteiger partial charge in [-0.3, -0.25) is 4.98 Å². The second-order valence-electron chi connectivity index (χ2n) is 3.52. The molecule has 2 N–H and O–H groups in total. The number of aryl methyl sites for hydroxylation is 3. The topological polar surface area (TPSA) is 56.7 Å². The van der Waals surface area contributed by atoms with Crippen LogP contribution in [0.25, 0.3) is 0 Å². The highest BCUT2D eigenvalue weighted by atomic mass is 15.1. The van der Waals surface area contributed by atoms with Crippen molar-refractivity contribution in [2.75, 3.05) is 5.73 Å². The monoisotopic (exact) mass is 202 g/mol. The number of pyridine rings is 1. The third-order valence-corrected chi connectivity index (χ3v) is 2.33. The molecule has 4 nitrogen and oxygen atoms in total. The molecule has 0 spiro atoms. The summed E-state index contributed by atoms with van der Waals surface area (Å²) in [5, 5.41) is 0. The van der Waals surface area contributed by atoms with Crippen molar-refractivity contribution in [1.29, 1.82) is 0 Å². The van der Waals surface area contributed by atoms with E-state index in [1.165, 1.54) is 0 Å². The maximum absolute atomic E-state index is 5.65. The van der Waals surface area contributed by atoms with Crippen molar-refractivity contribution < 1.29 is 0 Å². The molecule has 0 radical (unpaired) electrons. The lowest BCUT2D eigenvalue weighted by molar-refractivity contribution is 0.883. The van der Waals surface area contributed by atoms with Crippen LogP contribution < -0.4 is 5.73 Å². The van der Waals surface area contributed by atoms with Gasteiger partial charge in [0.1, 0.15) is 0 Å². The Hall–Kier alpha value is -1.84. The first-order valence-electron chi connectivity index (χ1n) is 4.93. The number of hydrogen-bond acceptors (Lipinski definition) is 3. The largest absolute Gasteiger partial charge is 0.369 e. The SMILES string of the molecule is Cn1cc(CCc2ccccn2)nc1N. The van der Waals surface area contributed by atoms with Crippen molar-refractivity contribution in [3.05, 3.63) is 42.0 Å². The van der Waals surface area contributed by atoms with Crippen LogP contribution in [0.5, 0.6) is 0 Å². The summed E-state index contributed by atoms with van der Waals surface area (Å²) in [6.07, 6.45) is 5.54. The normalized spacial score (nSPS) is 10.5. The van der Waals surface area contributed by atoms with Gasteiger partial charge < -0.3 is 10.3 Å². The molecule has 0 saturated heterocycles. The average molecular weight is 202 g/mol. The van der Waals surface area contributed by atoms with Crippen LogP contribution in [0.15, 0.2) is 30.6 Å². The molecule has 2 aromatic rings. The molecule has 0 aliphatic carbocycles. The van der Waals surface area contributed by atoms with E-state index in [9.17, 15) is 0 Å². The molecule has 0 saturated carbocycles. The molecular formula is C11H14N4. The number of nitrogen functional groups attached to an aromatic ring is 1. The van der Waals surface area contributed by atoms with Crippen LogP contribution in [0.3, 0.4) is 0 Å². The molecule has 0 amide bonds. The highest BCUT2D eigenvalue weighted by molar-refractivity contribution is 5.21. The number of hydrogen-bond donors (Lipinski definition) is 1. The molecule has 0 aliphatic rings. The first kappa shape index (κ1) is 9.71. The minimum absolute atomic E-state index is 0.561. The predicted molar refractivity (Wildman–Crippen MR) is 59.3 cm³/mol. The Kier molecular flexibility index (Phi) is 2.67. The van der Waals surface area contributed by atoms with E-state index < -0.39 is 0 Å². The second kappa shape index (κ2) is 4.13. The van der Waals surface area contributed by atoms with Crippen molar-refractivity contribution in [3.8, 4) is 0 Å². The van der Waals surface area contributed by atoms with Crippen molar-refractivity contribution in [2.24, 2.45) is 7.05 Å². The Morgan fingerprint density at radius 1 is 1.27 bits per heavy atom. The Morgan fingerprint density at radius 3 is 2.67 bits per heavy atom. The summed E-state index contributed by atoms with van der Waals surface area (Å²) < 4.78 is 1.83. The molecule has 0 atom stereocenters. The Morgan fingerprint density at radius 2 is 2.07 bits per heavy atom. The van der Waals surface area contributed by atoms with Crippen LogP contribution in [0, 0.1) is 0 Å². The molecule has 0 fully saturated rings. The summed E-state index contributed by atoms with van der Waals surface area (Å²) in [6, 6.07) is 5.93. The summed E-state index contributed by atoms with van der Waals surface area (Å²) in [7, 11) is 1.90. The van der Waals surface area contributed by atoms with E-state index in [0.29, 0.717) is 5.95 Å². The molecule has 2 aromatic heterocycles. The van der Waals surface area contributed by atoms with E-state index >= 15 is 0 Å².